The van der Waals surface area contributed by atoms with Crippen LogP contribution in [0.1, 0.15) is 29.5 Å². The van der Waals surface area contributed by atoms with Crippen LogP contribution in [0.5, 0.6) is 5.75 Å². The van der Waals surface area contributed by atoms with Gasteiger partial charge in [0.15, 0.2) is 0 Å². The first-order valence-electron chi connectivity index (χ1n) is 6.84. The summed E-state index contributed by atoms with van der Waals surface area (Å²) in [5.74, 6) is 0.408. The molecule has 0 atom stereocenters. The van der Waals surface area contributed by atoms with Crippen molar-refractivity contribution in [3.8, 4) is 5.75 Å². The number of hydrogen-bond acceptors (Lipinski definition) is 2. The lowest BCUT2D eigenvalue weighted by Gasteiger charge is -2.14. The smallest absolute Gasteiger partial charge is 0.115 e. The minimum Gasteiger partial charge on any atom is -0.508 e. The molecule has 2 aromatic rings. The lowest BCUT2D eigenvalue weighted by molar-refractivity contribution is 0.473. The fourth-order valence-corrected chi connectivity index (χ4v) is 2.33. The molecule has 0 aromatic heterocycles. The molecule has 0 radical (unpaired) electrons. The molecule has 3 N–H and O–H groups in total. The van der Waals surface area contributed by atoms with Crippen molar-refractivity contribution < 1.29 is 5.11 Å². The van der Waals surface area contributed by atoms with Crippen molar-refractivity contribution in [3.05, 3.63) is 65.2 Å². The quantitative estimate of drug-likeness (QED) is 0.820. The average Bonchev–Trinajstić information content (AvgIpc) is 2.48. The van der Waals surface area contributed by atoms with Crippen LogP contribution in [0.15, 0.2) is 48.5 Å². The fraction of sp³-hybridized carbons (Fsp3) is 0.294. The minimum atomic E-state index is 0.408. The maximum Gasteiger partial charge on any atom is 0.115 e. The van der Waals surface area contributed by atoms with E-state index in [1.54, 1.807) is 6.07 Å². The molecule has 3 rings (SSSR count). The minimum absolute atomic E-state index is 0.408. The van der Waals surface area contributed by atoms with Crippen molar-refractivity contribution in [3.63, 3.8) is 0 Å². The number of fused-ring (bicyclic) bond motifs is 1. The van der Waals surface area contributed by atoms with Crippen LogP contribution < -0.4 is 5.73 Å². The van der Waals surface area contributed by atoms with E-state index >= 15 is 0 Å². The molecule has 0 amide bonds. The highest BCUT2D eigenvalue weighted by atomic mass is 16.3. The fourth-order valence-electron chi connectivity index (χ4n) is 2.33. The molecule has 1 aliphatic carbocycles. The second kappa shape index (κ2) is 6.95. The van der Waals surface area contributed by atoms with Crippen LogP contribution in [0.4, 0.5) is 0 Å². The van der Waals surface area contributed by atoms with Gasteiger partial charge in [0.2, 0.25) is 0 Å². The third-order valence-electron chi connectivity index (χ3n) is 3.41. The number of aromatic hydroxyl groups is 1. The standard InChI is InChI=1S/C10H12O.C7H9N/c11-10-6-5-8-3-1-2-4-9(8)7-10;8-6-7-4-2-1-3-5-7/h5-7,11H,1-4H2;1-5H,6,8H2. The van der Waals surface area contributed by atoms with Crippen molar-refractivity contribution in [1.29, 1.82) is 0 Å². The van der Waals surface area contributed by atoms with Gasteiger partial charge >= 0.3 is 0 Å². The van der Waals surface area contributed by atoms with E-state index in [4.69, 9.17) is 5.73 Å². The van der Waals surface area contributed by atoms with Gasteiger partial charge in [0.25, 0.3) is 0 Å². The zero-order chi connectivity index (χ0) is 13.5. The predicted molar refractivity (Wildman–Crippen MR) is 79.1 cm³/mol. The first kappa shape index (κ1) is 13.6. The van der Waals surface area contributed by atoms with Crippen LogP contribution in [-0.2, 0) is 19.4 Å². The van der Waals surface area contributed by atoms with Gasteiger partial charge in [-0.3, -0.25) is 0 Å². The van der Waals surface area contributed by atoms with Crippen molar-refractivity contribution >= 4 is 0 Å². The Morgan fingerprint density at radius 2 is 1.58 bits per heavy atom. The molecule has 0 saturated heterocycles. The lowest BCUT2D eigenvalue weighted by atomic mass is 9.92. The number of benzene rings is 2. The van der Waals surface area contributed by atoms with Gasteiger partial charge in [-0.25, -0.2) is 0 Å². The Morgan fingerprint density at radius 3 is 2.21 bits per heavy atom. The number of rotatable bonds is 1. The summed E-state index contributed by atoms with van der Waals surface area (Å²) in [5, 5.41) is 9.19. The van der Waals surface area contributed by atoms with Crippen LogP contribution in [0.25, 0.3) is 0 Å². The van der Waals surface area contributed by atoms with E-state index in [1.165, 1.54) is 36.0 Å². The van der Waals surface area contributed by atoms with E-state index in [-0.39, 0.29) is 0 Å². The molecule has 0 aliphatic heterocycles. The van der Waals surface area contributed by atoms with Gasteiger partial charge in [0.05, 0.1) is 0 Å². The van der Waals surface area contributed by atoms with E-state index in [1.807, 2.05) is 42.5 Å². The Hall–Kier alpha value is -1.80. The Kier molecular flexibility index (Phi) is 4.99. The van der Waals surface area contributed by atoms with Crippen LogP contribution in [0.3, 0.4) is 0 Å². The molecule has 1 aliphatic rings. The van der Waals surface area contributed by atoms with Crippen LogP contribution in [-0.4, -0.2) is 5.11 Å². The van der Waals surface area contributed by atoms with Crippen molar-refractivity contribution in [2.24, 2.45) is 5.73 Å². The lowest BCUT2D eigenvalue weighted by Crippen LogP contribution is -2.01. The van der Waals surface area contributed by atoms with Crippen LogP contribution in [0, 0.1) is 0 Å². The molecule has 0 heterocycles. The third-order valence-corrected chi connectivity index (χ3v) is 3.41. The van der Waals surface area contributed by atoms with Crippen LogP contribution >= 0.6 is 0 Å². The van der Waals surface area contributed by atoms with E-state index in [0.717, 1.165) is 6.42 Å². The number of phenolic OH excluding ortho intramolecular Hbond substituents is 1. The number of hydrogen-bond donors (Lipinski definition) is 2. The van der Waals surface area contributed by atoms with Gasteiger partial charge < -0.3 is 10.8 Å². The van der Waals surface area contributed by atoms with E-state index in [9.17, 15) is 5.11 Å². The zero-order valence-electron chi connectivity index (χ0n) is 11.2. The van der Waals surface area contributed by atoms with Gasteiger partial charge in [-0.05, 0) is 54.5 Å². The SMILES string of the molecule is NCc1ccccc1.Oc1ccc2c(c1)CCCC2. The number of phenols is 1. The van der Waals surface area contributed by atoms with Gasteiger partial charge in [-0.2, -0.15) is 0 Å². The molecule has 2 aromatic carbocycles. The monoisotopic (exact) mass is 255 g/mol. The molecule has 2 nitrogen and oxygen atoms in total. The van der Waals surface area contributed by atoms with Crippen LogP contribution in [0.2, 0.25) is 0 Å². The molecule has 19 heavy (non-hydrogen) atoms. The maximum absolute atomic E-state index is 9.19. The largest absolute Gasteiger partial charge is 0.508 e. The van der Waals surface area contributed by atoms with Gasteiger partial charge in [-0.1, -0.05) is 36.4 Å². The second-order valence-corrected chi connectivity index (χ2v) is 4.85. The van der Waals surface area contributed by atoms with E-state index in [0.29, 0.717) is 12.3 Å². The summed E-state index contributed by atoms with van der Waals surface area (Å²) < 4.78 is 0. The summed E-state index contributed by atoms with van der Waals surface area (Å²) in [5.41, 5.74) is 9.31. The molecule has 0 unspecified atom stereocenters. The summed E-state index contributed by atoms with van der Waals surface area (Å²) >= 11 is 0. The summed E-state index contributed by atoms with van der Waals surface area (Å²) in [6.45, 7) is 0.640. The molecule has 0 saturated carbocycles. The van der Waals surface area contributed by atoms with Crippen molar-refractivity contribution in [1.82, 2.24) is 0 Å². The summed E-state index contributed by atoms with van der Waals surface area (Å²) in [6, 6.07) is 15.7. The number of nitrogens with two attached hydrogens (primary N) is 1. The summed E-state index contributed by atoms with van der Waals surface area (Å²) in [6.07, 6.45) is 4.91. The second-order valence-electron chi connectivity index (χ2n) is 4.85. The topological polar surface area (TPSA) is 46.2 Å². The third kappa shape index (κ3) is 4.11. The van der Waals surface area contributed by atoms with Gasteiger partial charge in [0.1, 0.15) is 5.75 Å². The van der Waals surface area contributed by atoms with Crippen molar-refractivity contribution in [2.45, 2.75) is 32.2 Å². The Bertz CT molecular complexity index is 508. The maximum atomic E-state index is 9.19. The highest BCUT2D eigenvalue weighted by molar-refractivity contribution is 5.36. The van der Waals surface area contributed by atoms with Gasteiger partial charge in [0, 0.05) is 6.54 Å². The van der Waals surface area contributed by atoms with Gasteiger partial charge in [-0.15, -0.1) is 0 Å². The predicted octanol–water partition coefficient (Wildman–Crippen LogP) is 3.42. The Morgan fingerprint density at radius 1 is 0.895 bits per heavy atom. The molecule has 0 bridgehead atoms. The van der Waals surface area contributed by atoms with E-state index < -0.39 is 0 Å². The average molecular weight is 255 g/mol. The highest BCUT2D eigenvalue weighted by Gasteiger charge is 2.08. The van der Waals surface area contributed by atoms with Crippen molar-refractivity contribution in [2.75, 3.05) is 0 Å². The number of aryl methyl sites for hydroxylation is 2. The zero-order valence-corrected chi connectivity index (χ0v) is 11.2. The Labute approximate surface area is 114 Å². The summed E-state index contributed by atoms with van der Waals surface area (Å²) in [7, 11) is 0. The molecule has 100 valence electrons. The molecular weight excluding hydrogens is 234 g/mol. The molecular formula is C17H21NO. The Balaban J connectivity index is 0.000000148. The van der Waals surface area contributed by atoms with E-state index in [2.05, 4.69) is 0 Å². The highest BCUT2D eigenvalue weighted by Crippen LogP contribution is 2.24. The first-order chi connectivity index (χ1) is 9.29. The molecule has 2 heteroatoms. The summed E-state index contributed by atoms with van der Waals surface area (Å²) in [4.78, 5) is 0. The normalized spacial score (nSPS) is 13.1. The first-order valence-corrected chi connectivity index (χ1v) is 6.84. The molecule has 0 spiro atoms. The molecule has 0 fully saturated rings.